The highest BCUT2D eigenvalue weighted by Gasteiger charge is 2.42. The van der Waals surface area contributed by atoms with Gasteiger partial charge in [0, 0.05) is 31.8 Å². The van der Waals surface area contributed by atoms with Crippen LogP contribution < -0.4 is 16.4 Å². The predicted octanol–water partition coefficient (Wildman–Crippen LogP) is 4.33. The van der Waals surface area contributed by atoms with Crippen LogP contribution in [0.2, 0.25) is 0 Å². The molecule has 4 rings (SSSR count). The van der Waals surface area contributed by atoms with E-state index in [4.69, 9.17) is 5.73 Å². The number of nitrogens with two attached hydrogens (primary N) is 1. The molecular formula is C24H33FN6O. The van der Waals surface area contributed by atoms with E-state index in [-0.39, 0.29) is 11.2 Å². The van der Waals surface area contributed by atoms with Gasteiger partial charge in [-0.05, 0) is 43.9 Å². The molecule has 32 heavy (non-hydrogen) atoms. The first kappa shape index (κ1) is 23.9. The molecule has 4 N–H and O–H groups in total. The molecule has 0 atom stereocenters. The number of halogens is 1. The molecule has 0 aromatic carbocycles. The summed E-state index contributed by atoms with van der Waals surface area (Å²) in [5, 5.41) is 15.9. The third-order valence-corrected chi connectivity index (χ3v) is 5.86. The van der Waals surface area contributed by atoms with Crippen molar-refractivity contribution in [1.82, 2.24) is 9.97 Å². The lowest BCUT2D eigenvalue weighted by molar-refractivity contribution is 0.207. The smallest absolute Gasteiger partial charge is 0.151 e. The number of ether oxygens (including phenoxy) is 1. The minimum absolute atomic E-state index is 0.253. The van der Waals surface area contributed by atoms with Gasteiger partial charge < -0.3 is 21.1 Å². The second-order valence-electron chi connectivity index (χ2n) is 8.46. The third kappa shape index (κ3) is 6.87. The molecule has 0 spiro atoms. The van der Waals surface area contributed by atoms with Gasteiger partial charge in [-0.3, -0.25) is 0 Å². The van der Waals surface area contributed by atoms with E-state index in [9.17, 15) is 9.65 Å². The topological polar surface area (TPSA) is 109 Å². The number of hydrogen-bond acceptors (Lipinski definition) is 7. The highest BCUT2D eigenvalue weighted by molar-refractivity contribution is 5.65. The summed E-state index contributed by atoms with van der Waals surface area (Å²) < 4.78 is 19.0. The first-order chi connectivity index (χ1) is 15.6. The maximum atomic E-state index is 14.4. The summed E-state index contributed by atoms with van der Waals surface area (Å²) in [5.41, 5.74) is 5.76. The first-order valence-corrected chi connectivity index (χ1v) is 11.3. The molecule has 2 aromatic rings. The second kappa shape index (κ2) is 11.7. The Labute approximate surface area is 189 Å². The van der Waals surface area contributed by atoms with Crippen LogP contribution in [0, 0.1) is 22.6 Å². The summed E-state index contributed by atoms with van der Waals surface area (Å²) in [6, 6.07) is 10.0. The maximum Gasteiger partial charge on any atom is 0.151 e. The van der Waals surface area contributed by atoms with E-state index in [1.807, 2.05) is 12.1 Å². The third-order valence-electron chi connectivity index (χ3n) is 5.86. The quantitative estimate of drug-likeness (QED) is 0.560. The molecule has 172 valence electrons. The van der Waals surface area contributed by atoms with Crippen LogP contribution in [-0.2, 0) is 4.74 Å². The average Bonchev–Trinajstić information content (AvgIpc) is 3.61. The van der Waals surface area contributed by atoms with Gasteiger partial charge in [0.2, 0.25) is 0 Å². The molecule has 0 aliphatic heterocycles. The fraction of sp³-hybridized carbons (Fsp3) is 0.542. The Bertz CT molecular complexity index is 904. The van der Waals surface area contributed by atoms with Crippen LogP contribution in [0.4, 0.5) is 16.0 Å². The summed E-state index contributed by atoms with van der Waals surface area (Å²) in [6.45, 7) is 1.86. The van der Waals surface area contributed by atoms with Crippen molar-refractivity contribution in [3.63, 3.8) is 0 Å². The Hall–Kier alpha value is -2.76. The minimum Gasteiger partial charge on any atom is -0.383 e. The molecule has 2 saturated carbocycles. The normalized spacial score (nSPS) is 16.9. The van der Waals surface area contributed by atoms with Crippen molar-refractivity contribution in [2.75, 3.05) is 37.4 Å². The molecule has 2 fully saturated rings. The van der Waals surface area contributed by atoms with Crippen LogP contribution in [0.1, 0.15) is 44.9 Å². The molecular weight excluding hydrogens is 407 g/mol. The van der Waals surface area contributed by atoms with E-state index < -0.39 is 0 Å². The molecule has 0 amide bonds. The van der Waals surface area contributed by atoms with Crippen LogP contribution in [-0.4, -0.2) is 42.8 Å². The monoisotopic (exact) mass is 440 g/mol. The summed E-state index contributed by atoms with van der Waals surface area (Å²) in [7, 11) is 1.63. The SMILES string of the molecule is COCCN.N#CC1(CNc2cccc(-c3cc(NC4CCCCC4)ncc3F)n2)CC1. The van der Waals surface area contributed by atoms with Gasteiger partial charge in [-0.25, -0.2) is 14.4 Å². The molecule has 2 aliphatic carbocycles. The zero-order valence-electron chi connectivity index (χ0n) is 18.7. The van der Waals surface area contributed by atoms with Gasteiger partial charge >= 0.3 is 0 Å². The zero-order chi connectivity index (χ0) is 22.8. The van der Waals surface area contributed by atoms with Crippen molar-refractivity contribution in [2.45, 2.75) is 51.0 Å². The number of rotatable bonds is 8. The average molecular weight is 441 g/mol. The Morgan fingerprint density at radius 3 is 2.66 bits per heavy atom. The van der Waals surface area contributed by atoms with E-state index in [1.54, 1.807) is 19.2 Å². The van der Waals surface area contributed by atoms with Crippen molar-refractivity contribution < 1.29 is 9.13 Å². The molecule has 0 radical (unpaired) electrons. The molecule has 2 heterocycles. The van der Waals surface area contributed by atoms with E-state index >= 15 is 0 Å². The van der Waals surface area contributed by atoms with Gasteiger partial charge in [0.25, 0.3) is 0 Å². The van der Waals surface area contributed by atoms with Gasteiger partial charge in [0.1, 0.15) is 11.6 Å². The standard InChI is InChI=1S/C21H24FN5.C3H9NO/c22-17-12-24-20(26-15-5-2-1-3-6-15)11-16(17)18-7-4-8-19(27-18)25-14-21(13-23)9-10-21;1-5-3-2-4/h4,7-8,11-12,15H,1-3,5-6,9-10,14H2,(H,24,26)(H,25,27);2-4H2,1H3. The number of hydrogen-bond donors (Lipinski definition) is 3. The number of nitrogens with zero attached hydrogens (tertiary/aromatic N) is 3. The molecule has 8 heteroatoms. The number of nitriles is 1. The summed E-state index contributed by atoms with van der Waals surface area (Å²) in [5.74, 6) is 0.969. The predicted molar refractivity (Wildman–Crippen MR) is 125 cm³/mol. The largest absolute Gasteiger partial charge is 0.383 e. The molecule has 7 nitrogen and oxygen atoms in total. The van der Waals surface area contributed by atoms with Gasteiger partial charge in [0.05, 0.1) is 30.0 Å². The lowest BCUT2D eigenvalue weighted by atomic mass is 9.95. The molecule has 2 aromatic heterocycles. The van der Waals surface area contributed by atoms with Gasteiger partial charge in [-0.2, -0.15) is 5.26 Å². The van der Waals surface area contributed by atoms with Crippen LogP contribution in [0.15, 0.2) is 30.5 Å². The lowest BCUT2D eigenvalue weighted by Crippen LogP contribution is -2.22. The van der Waals surface area contributed by atoms with E-state index in [1.165, 1.54) is 25.5 Å². The molecule has 0 bridgehead atoms. The highest BCUT2D eigenvalue weighted by atomic mass is 19.1. The number of anilines is 2. The number of pyridine rings is 2. The number of aromatic nitrogens is 2. The zero-order valence-corrected chi connectivity index (χ0v) is 18.7. The van der Waals surface area contributed by atoms with Crippen molar-refractivity contribution in [1.29, 1.82) is 5.26 Å². The molecule has 2 aliphatic rings. The lowest BCUT2D eigenvalue weighted by Gasteiger charge is -2.23. The van der Waals surface area contributed by atoms with E-state index in [0.717, 1.165) is 25.7 Å². The van der Waals surface area contributed by atoms with Crippen molar-refractivity contribution in [3.05, 3.63) is 36.3 Å². The van der Waals surface area contributed by atoms with Crippen molar-refractivity contribution in [3.8, 4) is 17.3 Å². The Morgan fingerprint density at radius 1 is 1.25 bits per heavy atom. The maximum absolute atomic E-state index is 14.4. The Kier molecular flexibility index (Phi) is 8.77. The van der Waals surface area contributed by atoms with Gasteiger partial charge in [-0.15, -0.1) is 0 Å². The molecule has 0 saturated heterocycles. The van der Waals surface area contributed by atoms with E-state index in [2.05, 4.69) is 31.4 Å². The van der Waals surface area contributed by atoms with E-state index in [0.29, 0.717) is 48.6 Å². The number of nitrogens with one attached hydrogen (secondary N) is 2. The summed E-state index contributed by atoms with van der Waals surface area (Å²) in [4.78, 5) is 8.74. The fourth-order valence-corrected chi connectivity index (χ4v) is 3.71. The summed E-state index contributed by atoms with van der Waals surface area (Å²) in [6.07, 6.45) is 9.11. The second-order valence-corrected chi connectivity index (χ2v) is 8.46. The van der Waals surface area contributed by atoms with Gasteiger partial charge in [-0.1, -0.05) is 25.3 Å². The van der Waals surface area contributed by atoms with Crippen molar-refractivity contribution in [2.24, 2.45) is 11.1 Å². The Morgan fingerprint density at radius 2 is 2.03 bits per heavy atom. The summed E-state index contributed by atoms with van der Waals surface area (Å²) >= 11 is 0. The minimum atomic E-state index is -0.385. The fourth-order valence-electron chi connectivity index (χ4n) is 3.71. The first-order valence-electron chi connectivity index (χ1n) is 11.3. The van der Waals surface area contributed by atoms with Crippen molar-refractivity contribution >= 4 is 11.6 Å². The van der Waals surface area contributed by atoms with Crippen LogP contribution >= 0.6 is 0 Å². The van der Waals surface area contributed by atoms with Crippen LogP contribution in [0.5, 0.6) is 0 Å². The number of methoxy groups -OCH3 is 1. The van der Waals surface area contributed by atoms with Crippen LogP contribution in [0.3, 0.4) is 0 Å². The van der Waals surface area contributed by atoms with Crippen LogP contribution in [0.25, 0.3) is 11.3 Å². The Balaban J connectivity index is 0.000000523. The highest BCUT2D eigenvalue weighted by Crippen LogP contribution is 2.44. The van der Waals surface area contributed by atoms with Gasteiger partial charge in [0.15, 0.2) is 5.82 Å². The molecule has 0 unspecified atom stereocenters.